The Balaban J connectivity index is 1.44. The zero-order valence-electron chi connectivity index (χ0n) is 17.2. The number of carbonyl (C=O) groups excluding carboxylic acids is 1. The van der Waals surface area contributed by atoms with E-state index in [4.69, 9.17) is 4.74 Å². The highest BCUT2D eigenvalue weighted by molar-refractivity contribution is 5.94. The summed E-state index contributed by atoms with van der Waals surface area (Å²) >= 11 is 0. The molecular weight excluding hydrogens is 369 g/mol. The maximum atomic E-state index is 13.4. The van der Waals surface area contributed by atoms with E-state index < -0.39 is 0 Å². The third-order valence-electron chi connectivity index (χ3n) is 5.18. The van der Waals surface area contributed by atoms with E-state index in [1.807, 2.05) is 31.3 Å². The molecule has 0 aliphatic carbocycles. The Hall–Kier alpha value is -2.44. The van der Waals surface area contributed by atoms with Crippen LogP contribution in [0.4, 0.5) is 4.39 Å². The van der Waals surface area contributed by atoms with Crippen LogP contribution in [0.3, 0.4) is 0 Å². The minimum Gasteiger partial charge on any atom is -0.494 e. The molecule has 1 saturated heterocycles. The van der Waals surface area contributed by atoms with E-state index >= 15 is 0 Å². The number of rotatable bonds is 9. The van der Waals surface area contributed by atoms with E-state index in [0.29, 0.717) is 24.8 Å². The molecule has 1 heterocycles. The first-order valence-electron chi connectivity index (χ1n) is 10.3. The lowest BCUT2D eigenvalue weighted by Crippen LogP contribution is -2.32. The van der Waals surface area contributed by atoms with Crippen molar-refractivity contribution in [1.82, 2.24) is 15.8 Å². The number of hydrogen-bond acceptors (Lipinski definition) is 4. The monoisotopic (exact) mass is 399 g/mol. The van der Waals surface area contributed by atoms with Gasteiger partial charge in [-0.2, -0.15) is 0 Å². The van der Waals surface area contributed by atoms with Crippen molar-refractivity contribution in [2.45, 2.75) is 44.7 Å². The fourth-order valence-electron chi connectivity index (χ4n) is 3.59. The van der Waals surface area contributed by atoms with Crippen molar-refractivity contribution in [3.8, 4) is 5.75 Å². The number of amides is 1. The Bertz CT molecular complexity index is 814. The van der Waals surface area contributed by atoms with Crippen LogP contribution in [0.2, 0.25) is 0 Å². The first kappa shape index (κ1) is 21.3. The van der Waals surface area contributed by atoms with Gasteiger partial charge in [-0.15, -0.1) is 0 Å². The molecule has 6 heteroatoms. The predicted octanol–water partition coefficient (Wildman–Crippen LogP) is 4.07. The Morgan fingerprint density at radius 2 is 2.03 bits per heavy atom. The standard InChI is InChI=1S/C23H30FN3O2/c1-3-13-29-21-11-5-8-18(15-21)23(28)27(2)12-6-10-20-16-22(26-25-20)17-7-4-9-19(24)14-17/h4-5,7-9,11,14-15,20,22,25-26H,3,6,10,12-13,16H2,1-2H3. The number of carbonyl (C=O) groups is 1. The van der Waals surface area contributed by atoms with Crippen molar-refractivity contribution in [2.24, 2.45) is 0 Å². The van der Waals surface area contributed by atoms with Gasteiger partial charge in [0, 0.05) is 31.2 Å². The highest BCUT2D eigenvalue weighted by atomic mass is 19.1. The Labute approximate surface area is 172 Å². The van der Waals surface area contributed by atoms with Crippen molar-refractivity contribution in [3.63, 3.8) is 0 Å². The lowest BCUT2D eigenvalue weighted by Gasteiger charge is -2.19. The van der Waals surface area contributed by atoms with Crippen LogP contribution in [0.5, 0.6) is 5.75 Å². The van der Waals surface area contributed by atoms with E-state index in [9.17, 15) is 9.18 Å². The minimum atomic E-state index is -0.211. The molecule has 0 spiro atoms. The zero-order chi connectivity index (χ0) is 20.6. The summed E-state index contributed by atoms with van der Waals surface area (Å²) in [4.78, 5) is 14.4. The summed E-state index contributed by atoms with van der Waals surface area (Å²) in [7, 11) is 1.83. The van der Waals surface area contributed by atoms with Gasteiger partial charge >= 0.3 is 0 Å². The van der Waals surface area contributed by atoms with Gasteiger partial charge in [0.2, 0.25) is 0 Å². The van der Waals surface area contributed by atoms with Crippen LogP contribution in [0, 0.1) is 5.82 Å². The second-order valence-corrected chi connectivity index (χ2v) is 7.57. The van der Waals surface area contributed by atoms with E-state index in [1.54, 1.807) is 23.1 Å². The quantitative estimate of drug-likeness (QED) is 0.667. The molecule has 2 aromatic carbocycles. The number of halogens is 1. The molecule has 0 bridgehead atoms. The summed E-state index contributed by atoms with van der Waals surface area (Å²) in [6, 6.07) is 14.5. The molecule has 0 saturated carbocycles. The van der Waals surface area contributed by atoms with Crippen LogP contribution >= 0.6 is 0 Å². The second kappa shape index (κ2) is 10.4. The fraction of sp³-hybridized carbons (Fsp3) is 0.435. The molecule has 2 aromatic rings. The summed E-state index contributed by atoms with van der Waals surface area (Å²) in [6.07, 6.45) is 3.67. The maximum Gasteiger partial charge on any atom is 0.253 e. The summed E-state index contributed by atoms with van der Waals surface area (Å²) in [5.74, 6) is 0.523. The van der Waals surface area contributed by atoms with Gasteiger partial charge in [0.15, 0.2) is 0 Å². The molecular formula is C23H30FN3O2. The molecule has 2 atom stereocenters. The molecule has 5 nitrogen and oxygen atoms in total. The second-order valence-electron chi connectivity index (χ2n) is 7.57. The first-order valence-corrected chi connectivity index (χ1v) is 10.3. The lowest BCUT2D eigenvalue weighted by molar-refractivity contribution is 0.0791. The van der Waals surface area contributed by atoms with Crippen LogP contribution in [0.1, 0.15) is 54.6 Å². The topological polar surface area (TPSA) is 53.6 Å². The van der Waals surface area contributed by atoms with Crippen molar-refractivity contribution in [1.29, 1.82) is 0 Å². The van der Waals surface area contributed by atoms with E-state index in [1.165, 1.54) is 6.07 Å². The largest absolute Gasteiger partial charge is 0.494 e. The Kier molecular flexibility index (Phi) is 7.61. The smallest absolute Gasteiger partial charge is 0.253 e. The van der Waals surface area contributed by atoms with Gasteiger partial charge in [0.1, 0.15) is 11.6 Å². The highest BCUT2D eigenvalue weighted by Crippen LogP contribution is 2.24. The number of hydrazine groups is 1. The van der Waals surface area contributed by atoms with Gasteiger partial charge in [-0.3, -0.25) is 15.6 Å². The minimum absolute atomic E-state index is 0.00194. The van der Waals surface area contributed by atoms with Gasteiger partial charge in [0.25, 0.3) is 5.91 Å². The van der Waals surface area contributed by atoms with Crippen molar-refractivity contribution in [2.75, 3.05) is 20.2 Å². The van der Waals surface area contributed by atoms with Gasteiger partial charge in [-0.1, -0.05) is 25.1 Å². The molecule has 156 valence electrons. The number of hydrogen-bond donors (Lipinski definition) is 2. The van der Waals surface area contributed by atoms with Crippen LogP contribution in [-0.4, -0.2) is 37.0 Å². The molecule has 29 heavy (non-hydrogen) atoms. The summed E-state index contributed by atoms with van der Waals surface area (Å²) < 4.78 is 19.0. The Morgan fingerprint density at radius 3 is 2.83 bits per heavy atom. The number of ether oxygens (including phenoxy) is 1. The molecule has 1 aliphatic rings. The third-order valence-corrected chi connectivity index (χ3v) is 5.18. The van der Waals surface area contributed by atoms with Crippen LogP contribution in [0.25, 0.3) is 0 Å². The van der Waals surface area contributed by atoms with Gasteiger partial charge in [-0.05, 0) is 61.6 Å². The van der Waals surface area contributed by atoms with Gasteiger partial charge in [0.05, 0.1) is 6.61 Å². The molecule has 0 aromatic heterocycles. The van der Waals surface area contributed by atoms with Crippen molar-refractivity contribution in [3.05, 3.63) is 65.5 Å². The van der Waals surface area contributed by atoms with Gasteiger partial charge < -0.3 is 9.64 Å². The summed E-state index contributed by atoms with van der Waals surface area (Å²) in [5.41, 5.74) is 8.14. The van der Waals surface area contributed by atoms with Crippen LogP contribution < -0.4 is 15.6 Å². The number of benzene rings is 2. The first-order chi connectivity index (χ1) is 14.1. The number of nitrogens with zero attached hydrogens (tertiary/aromatic N) is 1. The molecule has 2 N–H and O–H groups in total. The van der Waals surface area contributed by atoms with Crippen molar-refractivity contribution >= 4 is 5.91 Å². The van der Waals surface area contributed by atoms with E-state index in [-0.39, 0.29) is 17.8 Å². The fourth-order valence-corrected chi connectivity index (χ4v) is 3.59. The molecule has 2 unspecified atom stereocenters. The summed E-state index contributed by atoms with van der Waals surface area (Å²) in [6.45, 7) is 3.38. The molecule has 3 rings (SSSR count). The van der Waals surface area contributed by atoms with E-state index in [2.05, 4.69) is 17.8 Å². The molecule has 1 fully saturated rings. The SMILES string of the molecule is CCCOc1cccc(C(=O)N(C)CCCC2CC(c3cccc(F)c3)NN2)c1. The van der Waals surface area contributed by atoms with Gasteiger partial charge in [-0.25, -0.2) is 4.39 Å². The Morgan fingerprint density at radius 1 is 1.21 bits per heavy atom. The van der Waals surface area contributed by atoms with Crippen molar-refractivity contribution < 1.29 is 13.9 Å². The third kappa shape index (κ3) is 6.02. The molecule has 1 aliphatic heterocycles. The number of nitrogens with one attached hydrogen (secondary N) is 2. The van der Waals surface area contributed by atoms with Crippen LogP contribution in [0.15, 0.2) is 48.5 Å². The summed E-state index contributed by atoms with van der Waals surface area (Å²) in [5, 5.41) is 0. The zero-order valence-corrected chi connectivity index (χ0v) is 17.2. The highest BCUT2D eigenvalue weighted by Gasteiger charge is 2.25. The average molecular weight is 400 g/mol. The maximum absolute atomic E-state index is 13.4. The molecule has 0 radical (unpaired) electrons. The average Bonchev–Trinajstić information content (AvgIpc) is 3.21. The van der Waals surface area contributed by atoms with E-state index in [0.717, 1.165) is 37.0 Å². The predicted molar refractivity (Wildman–Crippen MR) is 112 cm³/mol. The van der Waals surface area contributed by atoms with Crippen LogP contribution in [-0.2, 0) is 0 Å². The molecule has 1 amide bonds. The lowest BCUT2D eigenvalue weighted by atomic mass is 9.99. The normalized spacial score (nSPS) is 18.6.